The lowest BCUT2D eigenvalue weighted by Gasteiger charge is -2.18. The standard InChI is InChI=1S/C13H21N3S/c1-13(2)6-5-9(7-13)15-12-10(8-3-4-8)11(14)16-17-12/h8-9,15H,3-7H2,1-2H3,(H2,14,16). The van der Waals surface area contributed by atoms with E-state index < -0.39 is 0 Å². The summed E-state index contributed by atoms with van der Waals surface area (Å²) in [5.74, 6) is 1.45. The van der Waals surface area contributed by atoms with Gasteiger partial charge in [-0.05, 0) is 55.0 Å². The number of aromatic nitrogens is 1. The van der Waals surface area contributed by atoms with Crippen LogP contribution in [-0.4, -0.2) is 10.4 Å². The van der Waals surface area contributed by atoms with Gasteiger partial charge in [-0.3, -0.25) is 0 Å². The van der Waals surface area contributed by atoms with Crippen LogP contribution in [0.2, 0.25) is 0 Å². The molecule has 2 aliphatic rings. The summed E-state index contributed by atoms with van der Waals surface area (Å²) in [5, 5.41) is 4.93. The van der Waals surface area contributed by atoms with E-state index in [0.29, 0.717) is 17.4 Å². The Bertz CT molecular complexity index is 420. The maximum atomic E-state index is 5.97. The van der Waals surface area contributed by atoms with Gasteiger partial charge in [-0.2, -0.15) is 4.37 Å². The van der Waals surface area contributed by atoms with Crippen LogP contribution >= 0.6 is 11.5 Å². The molecule has 0 saturated heterocycles. The summed E-state index contributed by atoms with van der Waals surface area (Å²) >= 11 is 1.55. The van der Waals surface area contributed by atoms with E-state index >= 15 is 0 Å². The monoisotopic (exact) mass is 251 g/mol. The third kappa shape index (κ3) is 2.28. The highest BCUT2D eigenvalue weighted by Crippen LogP contribution is 2.48. The summed E-state index contributed by atoms with van der Waals surface area (Å²) < 4.78 is 4.31. The predicted molar refractivity (Wildman–Crippen MR) is 73.5 cm³/mol. The maximum absolute atomic E-state index is 5.97. The number of nitrogens with zero attached hydrogens (tertiary/aromatic N) is 1. The minimum absolute atomic E-state index is 0.494. The molecule has 1 atom stereocenters. The van der Waals surface area contributed by atoms with Crippen LogP contribution in [0, 0.1) is 5.41 Å². The molecule has 0 spiro atoms. The number of nitrogens with one attached hydrogen (secondary N) is 1. The van der Waals surface area contributed by atoms with Gasteiger partial charge in [-0.25, -0.2) is 0 Å². The second-order valence-electron chi connectivity index (χ2n) is 6.33. The lowest BCUT2D eigenvalue weighted by molar-refractivity contribution is 0.378. The second kappa shape index (κ2) is 3.87. The first-order valence-corrected chi connectivity index (χ1v) is 7.34. The highest BCUT2D eigenvalue weighted by Gasteiger charge is 2.34. The first-order chi connectivity index (χ1) is 8.05. The van der Waals surface area contributed by atoms with Crippen LogP contribution < -0.4 is 11.1 Å². The highest BCUT2D eigenvalue weighted by atomic mass is 32.1. The first kappa shape index (κ1) is 11.3. The maximum Gasteiger partial charge on any atom is 0.142 e. The third-order valence-electron chi connectivity index (χ3n) is 4.05. The Balaban J connectivity index is 1.73. The Morgan fingerprint density at radius 3 is 2.71 bits per heavy atom. The van der Waals surface area contributed by atoms with Gasteiger partial charge in [0.25, 0.3) is 0 Å². The molecule has 94 valence electrons. The highest BCUT2D eigenvalue weighted by molar-refractivity contribution is 7.10. The largest absolute Gasteiger partial charge is 0.383 e. The molecule has 1 unspecified atom stereocenters. The predicted octanol–water partition coefficient (Wildman–Crippen LogP) is 3.59. The van der Waals surface area contributed by atoms with Gasteiger partial charge in [0.15, 0.2) is 0 Å². The van der Waals surface area contributed by atoms with E-state index in [-0.39, 0.29) is 0 Å². The third-order valence-corrected chi connectivity index (χ3v) is 4.85. The van der Waals surface area contributed by atoms with E-state index in [9.17, 15) is 0 Å². The van der Waals surface area contributed by atoms with Gasteiger partial charge in [0.1, 0.15) is 10.8 Å². The van der Waals surface area contributed by atoms with E-state index in [1.54, 1.807) is 11.5 Å². The van der Waals surface area contributed by atoms with Crippen LogP contribution in [0.15, 0.2) is 0 Å². The van der Waals surface area contributed by atoms with Crippen molar-refractivity contribution in [3.8, 4) is 0 Å². The second-order valence-corrected chi connectivity index (χ2v) is 7.11. The number of nitrogens with two attached hydrogens (primary N) is 1. The first-order valence-electron chi connectivity index (χ1n) is 6.57. The molecule has 2 saturated carbocycles. The van der Waals surface area contributed by atoms with Gasteiger partial charge in [0.05, 0.1) is 0 Å². The number of hydrogen-bond donors (Lipinski definition) is 2. The zero-order chi connectivity index (χ0) is 12.0. The average molecular weight is 251 g/mol. The van der Waals surface area contributed by atoms with Crippen LogP contribution in [0.3, 0.4) is 0 Å². The van der Waals surface area contributed by atoms with E-state index in [4.69, 9.17) is 5.73 Å². The minimum Gasteiger partial charge on any atom is -0.383 e. The molecule has 3 rings (SSSR count). The number of nitrogen functional groups attached to an aromatic ring is 1. The van der Waals surface area contributed by atoms with E-state index in [1.807, 2.05) is 0 Å². The van der Waals surface area contributed by atoms with Gasteiger partial charge in [-0.15, -0.1) is 0 Å². The van der Waals surface area contributed by atoms with Gasteiger partial charge >= 0.3 is 0 Å². The van der Waals surface area contributed by atoms with Crippen LogP contribution in [-0.2, 0) is 0 Å². The van der Waals surface area contributed by atoms with Crippen LogP contribution in [0.25, 0.3) is 0 Å². The van der Waals surface area contributed by atoms with Crippen molar-refractivity contribution in [3.05, 3.63) is 5.56 Å². The molecule has 1 aromatic heterocycles. The quantitative estimate of drug-likeness (QED) is 0.863. The number of anilines is 2. The summed E-state index contributed by atoms with van der Waals surface area (Å²) in [6, 6.07) is 0.613. The molecule has 1 heterocycles. The Labute approximate surface area is 107 Å². The molecule has 0 aliphatic heterocycles. The van der Waals surface area contributed by atoms with Crippen molar-refractivity contribution < 1.29 is 0 Å². The molecule has 1 aromatic rings. The fraction of sp³-hybridized carbons (Fsp3) is 0.769. The molecule has 0 bridgehead atoms. The van der Waals surface area contributed by atoms with Crippen molar-refractivity contribution in [2.75, 3.05) is 11.1 Å². The lowest BCUT2D eigenvalue weighted by atomic mass is 9.92. The van der Waals surface area contributed by atoms with Crippen molar-refractivity contribution in [2.24, 2.45) is 5.41 Å². The number of hydrogen-bond acceptors (Lipinski definition) is 4. The normalized spacial score (nSPS) is 27.3. The SMILES string of the molecule is CC1(C)CCC(Nc2snc(N)c2C2CC2)C1. The fourth-order valence-electron chi connectivity index (χ4n) is 2.92. The Morgan fingerprint density at radius 2 is 2.12 bits per heavy atom. The van der Waals surface area contributed by atoms with Crippen LogP contribution in [0.1, 0.15) is 57.4 Å². The molecule has 3 nitrogen and oxygen atoms in total. The van der Waals surface area contributed by atoms with Gasteiger partial charge in [-0.1, -0.05) is 13.8 Å². The molecule has 4 heteroatoms. The van der Waals surface area contributed by atoms with Crippen LogP contribution in [0.5, 0.6) is 0 Å². The Hall–Kier alpha value is -0.770. The molecule has 0 radical (unpaired) electrons. The van der Waals surface area contributed by atoms with Crippen LogP contribution in [0.4, 0.5) is 10.8 Å². The zero-order valence-corrected chi connectivity index (χ0v) is 11.4. The van der Waals surface area contributed by atoms with Crippen molar-refractivity contribution in [1.82, 2.24) is 4.37 Å². The Kier molecular flexibility index (Phi) is 2.58. The van der Waals surface area contributed by atoms with Gasteiger partial charge in [0.2, 0.25) is 0 Å². The molecule has 17 heavy (non-hydrogen) atoms. The molecular weight excluding hydrogens is 230 g/mol. The minimum atomic E-state index is 0.494. The van der Waals surface area contributed by atoms with Crippen molar-refractivity contribution >= 4 is 22.4 Å². The summed E-state index contributed by atoms with van der Waals surface area (Å²) in [6.45, 7) is 4.72. The molecule has 0 amide bonds. The van der Waals surface area contributed by atoms with Crippen molar-refractivity contribution in [3.63, 3.8) is 0 Å². The molecule has 2 fully saturated rings. The zero-order valence-electron chi connectivity index (χ0n) is 10.6. The van der Waals surface area contributed by atoms with E-state index in [2.05, 4.69) is 23.5 Å². The molecule has 0 aromatic carbocycles. The van der Waals surface area contributed by atoms with Gasteiger partial charge < -0.3 is 11.1 Å². The smallest absolute Gasteiger partial charge is 0.142 e. The Morgan fingerprint density at radius 1 is 1.35 bits per heavy atom. The summed E-state index contributed by atoms with van der Waals surface area (Å²) in [6.07, 6.45) is 6.42. The molecule has 2 aliphatic carbocycles. The lowest BCUT2D eigenvalue weighted by Crippen LogP contribution is -2.17. The van der Waals surface area contributed by atoms with E-state index in [0.717, 1.165) is 5.82 Å². The topological polar surface area (TPSA) is 50.9 Å². The fourth-order valence-corrected chi connectivity index (χ4v) is 3.80. The number of rotatable bonds is 3. The molecule has 3 N–H and O–H groups in total. The summed E-state index contributed by atoms with van der Waals surface area (Å²) in [5.41, 5.74) is 7.77. The summed E-state index contributed by atoms with van der Waals surface area (Å²) in [7, 11) is 0. The van der Waals surface area contributed by atoms with Gasteiger partial charge in [0, 0.05) is 11.6 Å². The molecular formula is C13H21N3S. The van der Waals surface area contributed by atoms with Crippen molar-refractivity contribution in [1.29, 1.82) is 0 Å². The summed E-state index contributed by atoms with van der Waals surface area (Å²) in [4.78, 5) is 0. The average Bonchev–Trinajstić information content (AvgIpc) is 2.93. The van der Waals surface area contributed by atoms with Crippen molar-refractivity contribution in [2.45, 2.75) is 57.9 Å². The van der Waals surface area contributed by atoms with E-state index in [1.165, 1.54) is 42.7 Å².